The quantitative estimate of drug-likeness (QED) is 0.669. The van der Waals surface area contributed by atoms with Crippen molar-refractivity contribution >= 4 is 11.9 Å². The van der Waals surface area contributed by atoms with E-state index in [9.17, 15) is 9.59 Å². The van der Waals surface area contributed by atoms with E-state index in [0.29, 0.717) is 18.8 Å². The lowest BCUT2D eigenvalue weighted by Gasteiger charge is -2.28. The van der Waals surface area contributed by atoms with Crippen LogP contribution in [0.15, 0.2) is 12.7 Å². The minimum absolute atomic E-state index is 0.0626. The minimum Gasteiger partial charge on any atom is -0.480 e. The maximum Gasteiger partial charge on any atom is 0.326 e. The lowest BCUT2D eigenvalue weighted by molar-refractivity contribution is -0.143. The summed E-state index contributed by atoms with van der Waals surface area (Å²) in [6, 6.07) is -0.868. The third-order valence-corrected chi connectivity index (χ3v) is 3.75. The monoisotopic (exact) mass is 283 g/mol. The Morgan fingerprint density at radius 3 is 2.75 bits per heavy atom. The number of carboxylic acids is 1. The molecular formula is C15H25NO4. The van der Waals surface area contributed by atoms with Gasteiger partial charge < -0.3 is 15.2 Å². The van der Waals surface area contributed by atoms with Crippen LogP contribution < -0.4 is 5.32 Å². The summed E-state index contributed by atoms with van der Waals surface area (Å²) in [4.78, 5) is 22.8. The maximum atomic E-state index is 11.7. The van der Waals surface area contributed by atoms with Gasteiger partial charge in [-0.15, -0.1) is 6.58 Å². The zero-order valence-electron chi connectivity index (χ0n) is 12.1. The number of hydrogen-bond acceptors (Lipinski definition) is 3. The Kier molecular flexibility index (Phi) is 7.30. The standard InChI is InChI=1S/C15H25NO4/c1-3-4-8-12(15(18)19)16-14(17)10-20-13-9-6-5-7-11(13)2/h3,11-13H,1,4-10H2,2H3,(H,16,17)(H,18,19). The molecule has 5 heteroatoms. The third kappa shape index (κ3) is 5.74. The van der Waals surface area contributed by atoms with Crippen molar-refractivity contribution in [3.05, 3.63) is 12.7 Å². The normalized spacial score (nSPS) is 23.9. The second-order valence-electron chi connectivity index (χ2n) is 5.44. The molecule has 1 saturated carbocycles. The lowest BCUT2D eigenvalue weighted by Crippen LogP contribution is -2.43. The van der Waals surface area contributed by atoms with Crippen molar-refractivity contribution in [1.29, 1.82) is 0 Å². The third-order valence-electron chi connectivity index (χ3n) is 3.75. The number of hydrogen-bond donors (Lipinski definition) is 2. The van der Waals surface area contributed by atoms with Gasteiger partial charge in [-0.25, -0.2) is 4.79 Å². The van der Waals surface area contributed by atoms with Gasteiger partial charge in [-0.2, -0.15) is 0 Å². The Labute approximate surface area is 120 Å². The van der Waals surface area contributed by atoms with E-state index in [1.807, 2.05) is 0 Å². The predicted octanol–water partition coefficient (Wildman–Crippen LogP) is 2.12. The SMILES string of the molecule is C=CCCC(NC(=O)COC1CCCCC1C)C(=O)O. The number of ether oxygens (including phenoxy) is 1. The molecule has 3 unspecified atom stereocenters. The number of carbonyl (C=O) groups excluding carboxylic acids is 1. The lowest BCUT2D eigenvalue weighted by atomic mass is 9.88. The Morgan fingerprint density at radius 1 is 1.45 bits per heavy atom. The summed E-state index contributed by atoms with van der Waals surface area (Å²) in [6.45, 7) is 5.61. The molecule has 1 fully saturated rings. The summed E-state index contributed by atoms with van der Waals surface area (Å²) in [5, 5.41) is 11.5. The highest BCUT2D eigenvalue weighted by atomic mass is 16.5. The first-order valence-corrected chi connectivity index (χ1v) is 7.29. The summed E-state index contributed by atoms with van der Waals surface area (Å²) in [5.41, 5.74) is 0. The number of amides is 1. The second-order valence-corrected chi connectivity index (χ2v) is 5.44. The van der Waals surface area contributed by atoms with Crippen LogP contribution in [0.3, 0.4) is 0 Å². The number of aliphatic carboxylic acids is 1. The molecule has 0 heterocycles. The molecular weight excluding hydrogens is 258 g/mol. The molecule has 1 amide bonds. The average molecular weight is 283 g/mol. The Hall–Kier alpha value is -1.36. The minimum atomic E-state index is -1.02. The van der Waals surface area contributed by atoms with Crippen molar-refractivity contribution in [2.75, 3.05) is 6.61 Å². The van der Waals surface area contributed by atoms with Crippen molar-refractivity contribution in [1.82, 2.24) is 5.32 Å². The van der Waals surface area contributed by atoms with E-state index in [-0.39, 0.29) is 18.6 Å². The van der Waals surface area contributed by atoms with E-state index in [1.54, 1.807) is 6.08 Å². The molecule has 0 radical (unpaired) electrons. The summed E-state index contributed by atoms with van der Waals surface area (Å²) >= 11 is 0. The first-order valence-electron chi connectivity index (χ1n) is 7.29. The van der Waals surface area contributed by atoms with E-state index in [2.05, 4.69) is 18.8 Å². The topological polar surface area (TPSA) is 75.6 Å². The van der Waals surface area contributed by atoms with Crippen LogP contribution in [0, 0.1) is 5.92 Å². The van der Waals surface area contributed by atoms with E-state index in [1.165, 1.54) is 6.42 Å². The van der Waals surface area contributed by atoms with Crippen molar-refractivity contribution < 1.29 is 19.4 Å². The largest absolute Gasteiger partial charge is 0.480 e. The van der Waals surface area contributed by atoms with Gasteiger partial charge in [0.2, 0.25) is 5.91 Å². The molecule has 0 aromatic carbocycles. The van der Waals surface area contributed by atoms with Crippen LogP contribution in [0.4, 0.5) is 0 Å². The molecule has 0 bridgehead atoms. The number of allylic oxidation sites excluding steroid dienone is 1. The van der Waals surface area contributed by atoms with Gasteiger partial charge in [0.15, 0.2) is 0 Å². The molecule has 5 nitrogen and oxygen atoms in total. The molecule has 3 atom stereocenters. The predicted molar refractivity (Wildman–Crippen MR) is 76.4 cm³/mol. The van der Waals surface area contributed by atoms with Gasteiger partial charge in [-0.1, -0.05) is 25.8 Å². The van der Waals surface area contributed by atoms with E-state index < -0.39 is 12.0 Å². The van der Waals surface area contributed by atoms with Crippen molar-refractivity contribution in [3.63, 3.8) is 0 Å². The summed E-state index contributed by atoms with van der Waals surface area (Å²) in [7, 11) is 0. The van der Waals surface area contributed by atoms with Crippen LogP contribution in [-0.4, -0.2) is 35.7 Å². The summed E-state index contributed by atoms with van der Waals surface area (Å²) in [6.07, 6.45) is 7.12. The van der Waals surface area contributed by atoms with E-state index in [0.717, 1.165) is 19.3 Å². The van der Waals surface area contributed by atoms with Crippen LogP contribution in [-0.2, 0) is 14.3 Å². The van der Waals surface area contributed by atoms with E-state index >= 15 is 0 Å². The number of carboxylic acid groups (broad SMARTS) is 1. The van der Waals surface area contributed by atoms with Gasteiger partial charge in [-0.05, 0) is 31.6 Å². The highest BCUT2D eigenvalue weighted by molar-refractivity contribution is 5.84. The summed E-state index contributed by atoms with van der Waals surface area (Å²) < 4.78 is 5.62. The molecule has 0 aromatic heterocycles. The Bertz CT molecular complexity index is 343. The molecule has 1 rings (SSSR count). The van der Waals surface area contributed by atoms with Crippen LogP contribution in [0.2, 0.25) is 0 Å². The Balaban J connectivity index is 2.33. The highest BCUT2D eigenvalue weighted by Gasteiger charge is 2.24. The second kappa shape index (κ2) is 8.74. The number of carbonyl (C=O) groups is 2. The molecule has 0 aromatic rings. The average Bonchev–Trinajstić information content (AvgIpc) is 2.42. The molecule has 0 aliphatic heterocycles. The van der Waals surface area contributed by atoms with Crippen LogP contribution in [0.25, 0.3) is 0 Å². The zero-order chi connectivity index (χ0) is 15.0. The van der Waals surface area contributed by atoms with Gasteiger partial charge in [-0.3, -0.25) is 4.79 Å². The van der Waals surface area contributed by atoms with Crippen molar-refractivity contribution in [2.45, 2.75) is 57.6 Å². The first kappa shape index (κ1) is 16.7. The first-order chi connectivity index (χ1) is 9.54. The zero-order valence-corrected chi connectivity index (χ0v) is 12.1. The summed E-state index contributed by atoms with van der Waals surface area (Å²) in [5.74, 6) is -0.918. The van der Waals surface area contributed by atoms with Gasteiger partial charge in [0, 0.05) is 0 Å². The van der Waals surface area contributed by atoms with Gasteiger partial charge >= 0.3 is 5.97 Å². The molecule has 0 saturated heterocycles. The fourth-order valence-electron chi connectivity index (χ4n) is 2.49. The fraction of sp³-hybridized carbons (Fsp3) is 0.733. The van der Waals surface area contributed by atoms with Gasteiger partial charge in [0.25, 0.3) is 0 Å². The number of rotatable bonds is 8. The molecule has 1 aliphatic rings. The van der Waals surface area contributed by atoms with Crippen molar-refractivity contribution in [2.24, 2.45) is 5.92 Å². The van der Waals surface area contributed by atoms with Crippen molar-refractivity contribution in [3.8, 4) is 0 Å². The molecule has 114 valence electrons. The number of nitrogens with one attached hydrogen (secondary N) is 1. The van der Waals surface area contributed by atoms with E-state index in [4.69, 9.17) is 9.84 Å². The highest BCUT2D eigenvalue weighted by Crippen LogP contribution is 2.26. The smallest absolute Gasteiger partial charge is 0.326 e. The van der Waals surface area contributed by atoms with Crippen LogP contribution in [0.5, 0.6) is 0 Å². The van der Waals surface area contributed by atoms with Gasteiger partial charge in [0.05, 0.1) is 6.10 Å². The van der Waals surface area contributed by atoms with Crippen LogP contribution >= 0.6 is 0 Å². The fourth-order valence-corrected chi connectivity index (χ4v) is 2.49. The molecule has 20 heavy (non-hydrogen) atoms. The molecule has 2 N–H and O–H groups in total. The molecule has 0 spiro atoms. The molecule has 1 aliphatic carbocycles. The Morgan fingerprint density at radius 2 is 2.15 bits per heavy atom. The van der Waals surface area contributed by atoms with Crippen LogP contribution in [0.1, 0.15) is 45.4 Å². The van der Waals surface area contributed by atoms with Gasteiger partial charge in [0.1, 0.15) is 12.6 Å². The maximum absolute atomic E-state index is 11.7.